The fourth-order valence-electron chi connectivity index (χ4n) is 7.04. The Morgan fingerprint density at radius 3 is 1.98 bits per heavy atom. The molecule has 7 rings (SSSR count). The Bertz CT molecular complexity index is 2270. The summed E-state index contributed by atoms with van der Waals surface area (Å²) < 4.78 is 63.6. The average Bonchev–Trinajstić information content (AvgIpc) is 3.85. The minimum absolute atomic E-state index is 0.128. The minimum atomic E-state index is -4.00. The Morgan fingerprint density at radius 1 is 0.852 bits per heavy atom. The van der Waals surface area contributed by atoms with Crippen LogP contribution in [0.2, 0.25) is 0 Å². The second-order valence-corrected chi connectivity index (χ2v) is 13.5. The summed E-state index contributed by atoms with van der Waals surface area (Å²) in [7, 11) is 0. The molecule has 0 amide bonds. The van der Waals surface area contributed by atoms with Gasteiger partial charge >= 0.3 is 11.6 Å². The van der Waals surface area contributed by atoms with Crippen LogP contribution in [-0.4, -0.2) is 77.6 Å². The predicted octanol–water partition coefficient (Wildman–Crippen LogP) is 5.78. The molecule has 0 radical (unpaired) electrons. The number of nitrogens with one attached hydrogen (secondary N) is 1. The second kappa shape index (κ2) is 14.5. The van der Waals surface area contributed by atoms with E-state index in [-0.39, 0.29) is 6.04 Å². The van der Waals surface area contributed by atoms with Crippen molar-refractivity contribution in [2.45, 2.75) is 50.8 Å². The molecule has 6 aromatic rings. The van der Waals surface area contributed by atoms with Gasteiger partial charge in [0, 0.05) is 66.5 Å². The monoisotopic (exact) mass is 742 g/mol. The second-order valence-electron chi connectivity index (χ2n) is 13.5. The maximum atomic E-state index is 16.4. The number of piperazine rings is 1. The predicted molar refractivity (Wildman–Crippen MR) is 194 cm³/mol. The van der Waals surface area contributed by atoms with Crippen LogP contribution in [0.5, 0.6) is 0 Å². The summed E-state index contributed by atoms with van der Waals surface area (Å²) in [6.07, 6.45) is 3.37. The zero-order valence-electron chi connectivity index (χ0n) is 29.7. The SMILES string of the molecule is CC[C@@H]([C@H](C)O)n1cc(-c2ccc(N3CCN(c4ccc(-c5ccc(C(F)(F)[C@@](C)(c6ccc(F)cc6F)n6nn[nH]c6=O)nc5)cc4)CC3)cc2)nn1. The number of aliphatic hydroxyl groups is 1. The van der Waals surface area contributed by atoms with Crippen LogP contribution < -0.4 is 15.5 Å². The van der Waals surface area contributed by atoms with Crippen molar-refractivity contribution >= 4 is 11.4 Å². The maximum absolute atomic E-state index is 16.4. The van der Waals surface area contributed by atoms with E-state index in [9.17, 15) is 18.7 Å². The van der Waals surface area contributed by atoms with Crippen molar-refractivity contribution in [1.82, 2.24) is 40.2 Å². The lowest BCUT2D eigenvalue weighted by molar-refractivity contribution is -0.104. The number of tetrazole rings is 1. The van der Waals surface area contributed by atoms with Gasteiger partial charge in [-0.15, -0.1) is 5.10 Å². The normalized spacial score (nSPS) is 15.9. The van der Waals surface area contributed by atoms with E-state index in [0.717, 1.165) is 85.9 Å². The van der Waals surface area contributed by atoms with Gasteiger partial charge < -0.3 is 14.9 Å². The first-order valence-corrected chi connectivity index (χ1v) is 17.5. The van der Waals surface area contributed by atoms with Crippen LogP contribution in [0.25, 0.3) is 22.4 Å². The molecule has 1 aliphatic heterocycles. The number of aromatic nitrogens is 8. The van der Waals surface area contributed by atoms with Crippen LogP contribution in [0.3, 0.4) is 0 Å². The number of H-pyrrole nitrogens is 1. The van der Waals surface area contributed by atoms with Crippen molar-refractivity contribution in [3.8, 4) is 22.4 Å². The van der Waals surface area contributed by atoms with Crippen LogP contribution in [0, 0.1) is 11.6 Å². The fourth-order valence-corrected chi connectivity index (χ4v) is 7.04. The lowest BCUT2D eigenvalue weighted by Crippen LogP contribution is -2.52. The molecule has 2 N–H and O–H groups in total. The topological polar surface area (TPSA) is 134 Å². The minimum Gasteiger partial charge on any atom is -0.391 e. The van der Waals surface area contributed by atoms with Crippen LogP contribution in [0.15, 0.2) is 96.1 Å². The third kappa shape index (κ3) is 6.61. The van der Waals surface area contributed by atoms with Crippen molar-refractivity contribution in [2.24, 2.45) is 0 Å². The Morgan fingerprint density at radius 2 is 1.46 bits per heavy atom. The van der Waals surface area contributed by atoms with Gasteiger partial charge in [-0.2, -0.15) is 13.5 Å². The van der Waals surface area contributed by atoms with Gasteiger partial charge in [-0.25, -0.2) is 23.4 Å². The zero-order valence-corrected chi connectivity index (χ0v) is 29.7. The quantitative estimate of drug-likeness (QED) is 0.159. The molecular weight excluding hydrogens is 704 g/mol. The summed E-state index contributed by atoms with van der Waals surface area (Å²) in [4.78, 5) is 21.1. The van der Waals surface area contributed by atoms with E-state index in [1.54, 1.807) is 11.6 Å². The molecule has 0 spiro atoms. The molecule has 54 heavy (non-hydrogen) atoms. The van der Waals surface area contributed by atoms with Gasteiger partial charge in [0.1, 0.15) is 23.0 Å². The van der Waals surface area contributed by atoms with Crippen LogP contribution in [0.4, 0.5) is 28.9 Å². The van der Waals surface area contributed by atoms with Crippen molar-refractivity contribution in [1.29, 1.82) is 0 Å². The number of pyridine rings is 1. The van der Waals surface area contributed by atoms with Crippen molar-refractivity contribution in [3.05, 3.63) is 125 Å². The molecular formula is C38H38F4N10O2. The number of alkyl halides is 2. The number of aliphatic hydroxyl groups excluding tert-OH is 1. The molecule has 0 saturated carbocycles. The standard InChI is InChI=1S/C38H38F4N10O2/c1-4-34(24(2)53)51-23-33(44-47-51)26-7-13-30(14-8-26)50-19-17-49(18-20-50)29-11-5-25(6-12-29)27-9-16-35(43-22-27)38(41,42)37(3,52-36(54)45-46-48-52)31-15-10-28(39)21-32(31)40/h5-16,21-24,34,53H,4,17-20H2,1-3H3,(H,45,48,54)/t24-,34-,37+/m0/s1. The van der Waals surface area contributed by atoms with Crippen molar-refractivity contribution < 1.29 is 22.7 Å². The summed E-state index contributed by atoms with van der Waals surface area (Å²) in [5.41, 5.74) is -0.129. The average molecular weight is 743 g/mol. The van der Waals surface area contributed by atoms with Gasteiger partial charge in [-0.1, -0.05) is 48.5 Å². The lowest BCUT2D eigenvalue weighted by Gasteiger charge is -2.37. The highest BCUT2D eigenvalue weighted by molar-refractivity contribution is 5.67. The van der Waals surface area contributed by atoms with Crippen LogP contribution >= 0.6 is 0 Å². The van der Waals surface area contributed by atoms with E-state index in [1.807, 2.05) is 54.6 Å². The number of benzene rings is 3. The van der Waals surface area contributed by atoms with E-state index < -0.39 is 46.1 Å². The molecule has 3 aromatic carbocycles. The molecule has 16 heteroatoms. The number of nitrogens with zero attached hydrogens (tertiary/aromatic N) is 9. The molecule has 12 nitrogen and oxygen atoms in total. The molecule has 0 bridgehead atoms. The van der Waals surface area contributed by atoms with Crippen LogP contribution in [-0.2, 0) is 11.5 Å². The number of aromatic amines is 1. The molecule has 3 aromatic heterocycles. The zero-order chi connectivity index (χ0) is 38.2. The number of rotatable bonds is 11. The third-order valence-electron chi connectivity index (χ3n) is 10.2. The summed E-state index contributed by atoms with van der Waals surface area (Å²) in [5.74, 6) is -6.25. The van der Waals surface area contributed by atoms with Crippen LogP contribution in [0.1, 0.15) is 44.5 Å². The summed E-state index contributed by atoms with van der Waals surface area (Å²) in [6, 6.07) is 20.6. The van der Waals surface area contributed by atoms with Gasteiger partial charge in [-0.05, 0) is 72.7 Å². The highest BCUT2D eigenvalue weighted by Gasteiger charge is 2.58. The Labute approximate surface area is 307 Å². The lowest BCUT2D eigenvalue weighted by atomic mass is 9.83. The summed E-state index contributed by atoms with van der Waals surface area (Å²) in [5, 5.41) is 27.4. The largest absolute Gasteiger partial charge is 0.391 e. The molecule has 1 saturated heterocycles. The van der Waals surface area contributed by atoms with E-state index in [2.05, 4.69) is 47.7 Å². The fraction of sp³-hybridized carbons (Fsp3) is 0.316. The molecule has 3 atom stereocenters. The van der Waals surface area contributed by atoms with E-state index in [1.165, 1.54) is 12.3 Å². The van der Waals surface area contributed by atoms with Gasteiger partial charge in [-0.3, -0.25) is 4.98 Å². The number of hydrogen-bond acceptors (Lipinski definition) is 9. The highest BCUT2D eigenvalue weighted by atomic mass is 19.3. The Kier molecular flexibility index (Phi) is 9.79. The van der Waals surface area contributed by atoms with Gasteiger partial charge in [0.05, 0.1) is 18.3 Å². The molecule has 4 heterocycles. The number of anilines is 2. The summed E-state index contributed by atoms with van der Waals surface area (Å²) in [6.45, 7) is 7.89. The molecule has 1 fully saturated rings. The third-order valence-corrected chi connectivity index (χ3v) is 10.2. The smallest absolute Gasteiger partial charge is 0.362 e. The van der Waals surface area contributed by atoms with E-state index in [4.69, 9.17) is 0 Å². The Hall–Kier alpha value is -5.90. The highest BCUT2D eigenvalue weighted by Crippen LogP contribution is 2.47. The molecule has 1 aliphatic rings. The number of hydrogen-bond donors (Lipinski definition) is 2. The maximum Gasteiger partial charge on any atom is 0.362 e. The summed E-state index contributed by atoms with van der Waals surface area (Å²) >= 11 is 0. The van der Waals surface area contributed by atoms with Gasteiger partial charge in [0.15, 0.2) is 5.54 Å². The van der Waals surface area contributed by atoms with E-state index >= 15 is 8.78 Å². The van der Waals surface area contributed by atoms with Crippen molar-refractivity contribution in [3.63, 3.8) is 0 Å². The first kappa shape index (κ1) is 36.5. The van der Waals surface area contributed by atoms with Crippen molar-refractivity contribution in [2.75, 3.05) is 36.0 Å². The molecule has 280 valence electrons. The first-order chi connectivity index (χ1) is 25.9. The Balaban J connectivity index is 1.01. The number of halogens is 4. The molecule has 0 aliphatic carbocycles. The first-order valence-electron chi connectivity index (χ1n) is 17.5. The van der Waals surface area contributed by atoms with Gasteiger partial charge in [0.2, 0.25) is 0 Å². The molecule has 0 unspecified atom stereocenters. The van der Waals surface area contributed by atoms with Gasteiger partial charge in [0.25, 0.3) is 0 Å². The van der Waals surface area contributed by atoms with E-state index in [0.29, 0.717) is 16.3 Å².